The molecule has 11 heteroatoms. The first-order chi connectivity index (χ1) is 39.2. The monoisotopic (exact) mass is 1120 g/mol. The molecule has 6 N–H and O–H groups in total. The number of nitrogens with one attached hydrogen (secondary N) is 1. The number of carbonyl (C=O) groups excluding carboxylic acids is 2. The third kappa shape index (κ3) is 43.5. The number of carbonyl (C=O) groups is 2. The topological polar surface area (TPSA) is 175 Å². The van der Waals surface area contributed by atoms with Crippen molar-refractivity contribution in [1.29, 1.82) is 0 Å². The van der Waals surface area contributed by atoms with Crippen molar-refractivity contribution in [3.63, 3.8) is 0 Å². The van der Waals surface area contributed by atoms with Gasteiger partial charge in [0.2, 0.25) is 5.91 Å². The molecule has 1 saturated heterocycles. The third-order valence-corrected chi connectivity index (χ3v) is 15.0. The molecule has 0 radical (unpaired) electrons. The molecular formula is C69H121NO10. The van der Waals surface area contributed by atoms with E-state index in [0.29, 0.717) is 12.8 Å². The van der Waals surface area contributed by atoms with Crippen molar-refractivity contribution >= 4 is 11.9 Å². The van der Waals surface area contributed by atoms with E-state index < -0.39 is 67.4 Å². The maximum atomic E-state index is 13.5. The van der Waals surface area contributed by atoms with E-state index in [4.69, 9.17) is 14.2 Å². The van der Waals surface area contributed by atoms with E-state index in [1.54, 1.807) is 6.08 Å². The molecule has 1 fully saturated rings. The lowest BCUT2D eigenvalue weighted by Gasteiger charge is -2.41. The maximum absolute atomic E-state index is 13.5. The SMILES string of the molecule is CCCCC/C=C\C/C=C\C/C=C\C/C=C\CCCCCCCCC(O)C(=O)NC(COC1OC(CO)C(O)C(O)C1OC(=O)CCCCCCCCC/C=C\C/C=C\CCCCC)C(O)/C=C/CCCCCCCCCCCC. The van der Waals surface area contributed by atoms with E-state index in [9.17, 15) is 35.1 Å². The number of hydrogen-bond donors (Lipinski definition) is 6. The van der Waals surface area contributed by atoms with E-state index in [2.05, 4.69) is 99.0 Å². The Hall–Kier alpha value is -3.16. The van der Waals surface area contributed by atoms with Crippen molar-refractivity contribution in [2.24, 2.45) is 0 Å². The Morgan fingerprint density at radius 1 is 0.487 bits per heavy atom. The van der Waals surface area contributed by atoms with Crippen LogP contribution in [0.3, 0.4) is 0 Å². The molecule has 0 saturated carbocycles. The van der Waals surface area contributed by atoms with Crippen molar-refractivity contribution < 1.29 is 49.3 Å². The predicted molar refractivity (Wildman–Crippen MR) is 333 cm³/mol. The number of hydrogen-bond acceptors (Lipinski definition) is 10. The molecule has 0 aliphatic carbocycles. The Balaban J connectivity index is 2.66. The Kier molecular flexibility index (Phi) is 52.7. The van der Waals surface area contributed by atoms with Gasteiger partial charge in [-0.25, -0.2) is 0 Å². The minimum Gasteiger partial charge on any atom is -0.454 e. The van der Waals surface area contributed by atoms with Crippen LogP contribution in [0.25, 0.3) is 0 Å². The molecular weight excluding hydrogens is 1000 g/mol. The van der Waals surface area contributed by atoms with Gasteiger partial charge >= 0.3 is 5.97 Å². The molecule has 1 amide bonds. The molecule has 8 unspecified atom stereocenters. The summed E-state index contributed by atoms with van der Waals surface area (Å²) in [7, 11) is 0. The first kappa shape index (κ1) is 74.9. The van der Waals surface area contributed by atoms with Crippen molar-refractivity contribution in [1.82, 2.24) is 5.32 Å². The molecule has 0 aromatic rings. The van der Waals surface area contributed by atoms with Crippen LogP contribution < -0.4 is 5.32 Å². The number of aliphatic hydroxyl groups excluding tert-OH is 5. The fraction of sp³-hybridized carbons (Fsp3) is 0.768. The summed E-state index contributed by atoms with van der Waals surface area (Å²) in [6.45, 7) is 5.73. The van der Waals surface area contributed by atoms with Crippen LogP contribution in [0.4, 0.5) is 0 Å². The Morgan fingerprint density at radius 3 is 1.31 bits per heavy atom. The standard InChI is InChI=1S/C69H121NO10/c1-4-7-10-13-16-19-22-25-27-29-30-31-32-33-35-36-38-41-44-47-50-53-56-62(73)68(77)70-60(61(72)55-52-49-46-43-40-24-21-18-15-12-9-6-3)59-78-69-67(66(76)65(75)63(58-71)79-69)80-64(74)57-54-51-48-45-42-39-37-34-28-26-23-20-17-14-11-8-5-2/h16-17,19-20,25-28,30-31,33,35,52,55,60-63,65-67,69,71-73,75-76H,4-15,18,21-24,29,32,34,36-51,53-54,56-59H2,1-3H3,(H,70,77)/b19-16-,20-17-,27-25-,28-26-,31-30-,35-33-,55-52+. The molecule has 1 rings (SSSR count). The van der Waals surface area contributed by atoms with Crippen LogP contribution in [0.15, 0.2) is 85.1 Å². The summed E-state index contributed by atoms with van der Waals surface area (Å²) in [6.07, 6.45) is 63.2. The highest BCUT2D eigenvalue weighted by molar-refractivity contribution is 5.80. The summed E-state index contributed by atoms with van der Waals surface area (Å²) in [5, 5.41) is 57.1. The summed E-state index contributed by atoms with van der Waals surface area (Å²) >= 11 is 0. The average molecular weight is 1120 g/mol. The van der Waals surface area contributed by atoms with E-state index in [0.717, 1.165) is 116 Å². The van der Waals surface area contributed by atoms with Crippen LogP contribution in [-0.2, 0) is 23.8 Å². The molecule has 11 nitrogen and oxygen atoms in total. The molecule has 0 bridgehead atoms. The summed E-state index contributed by atoms with van der Waals surface area (Å²) < 4.78 is 17.6. The van der Waals surface area contributed by atoms with Crippen molar-refractivity contribution in [3.05, 3.63) is 85.1 Å². The smallest absolute Gasteiger partial charge is 0.306 e. The number of ether oxygens (including phenoxy) is 3. The third-order valence-electron chi connectivity index (χ3n) is 15.0. The quantitative estimate of drug-likeness (QED) is 0.0195. The van der Waals surface area contributed by atoms with Crippen LogP contribution in [0.5, 0.6) is 0 Å². The van der Waals surface area contributed by atoms with Gasteiger partial charge in [0.1, 0.15) is 24.4 Å². The average Bonchev–Trinajstić information content (AvgIpc) is 3.48. The number of esters is 1. The van der Waals surface area contributed by atoms with Gasteiger partial charge in [-0.15, -0.1) is 0 Å². The minimum absolute atomic E-state index is 0.110. The molecule has 462 valence electrons. The molecule has 1 heterocycles. The van der Waals surface area contributed by atoms with E-state index in [1.165, 1.54) is 116 Å². The minimum atomic E-state index is -1.62. The predicted octanol–water partition coefficient (Wildman–Crippen LogP) is 16.1. The maximum Gasteiger partial charge on any atom is 0.306 e. The summed E-state index contributed by atoms with van der Waals surface area (Å²) in [6, 6.07) is -1.04. The van der Waals surface area contributed by atoms with Gasteiger partial charge in [0.15, 0.2) is 12.4 Å². The van der Waals surface area contributed by atoms with E-state index in [-0.39, 0.29) is 19.4 Å². The number of rotatable bonds is 55. The highest BCUT2D eigenvalue weighted by Crippen LogP contribution is 2.26. The van der Waals surface area contributed by atoms with Gasteiger partial charge in [0.25, 0.3) is 0 Å². The lowest BCUT2D eigenvalue weighted by molar-refractivity contribution is -0.305. The fourth-order valence-corrected chi connectivity index (χ4v) is 9.78. The van der Waals surface area contributed by atoms with E-state index in [1.807, 2.05) is 6.08 Å². The number of unbranched alkanes of at least 4 members (excludes halogenated alkanes) is 29. The highest BCUT2D eigenvalue weighted by atomic mass is 16.7. The van der Waals surface area contributed by atoms with Gasteiger partial charge in [-0.3, -0.25) is 9.59 Å². The molecule has 80 heavy (non-hydrogen) atoms. The van der Waals surface area contributed by atoms with Crippen LogP contribution >= 0.6 is 0 Å². The second kappa shape index (κ2) is 56.3. The van der Waals surface area contributed by atoms with Crippen LogP contribution in [0.1, 0.15) is 278 Å². The van der Waals surface area contributed by atoms with Gasteiger partial charge in [-0.05, 0) is 103 Å². The summed E-state index contributed by atoms with van der Waals surface area (Å²) in [5.41, 5.74) is 0. The van der Waals surface area contributed by atoms with Gasteiger partial charge in [-0.1, -0.05) is 254 Å². The van der Waals surface area contributed by atoms with Gasteiger partial charge in [0, 0.05) is 6.42 Å². The first-order valence-electron chi connectivity index (χ1n) is 32.9. The van der Waals surface area contributed by atoms with Crippen molar-refractivity contribution in [3.8, 4) is 0 Å². The normalized spacial score (nSPS) is 19.3. The summed E-state index contributed by atoms with van der Waals surface area (Å²) in [5.74, 6) is -1.21. The van der Waals surface area contributed by atoms with Crippen LogP contribution in [-0.4, -0.2) is 99.6 Å². The molecule has 8 atom stereocenters. The zero-order valence-electron chi connectivity index (χ0n) is 51.2. The largest absolute Gasteiger partial charge is 0.454 e. The number of amides is 1. The lowest BCUT2D eigenvalue weighted by atomic mass is 9.99. The Bertz CT molecular complexity index is 1620. The second-order valence-corrected chi connectivity index (χ2v) is 22.5. The van der Waals surface area contributed by atoms with Gasteiger partial charge in [-0.2, -0.15) is 0 Å². The number of allylic oxidation sites excluding steroid dienone is 13. The fourth-order valence-electron chi connectivity index (χ4n) is 9.78. The lowest BCUT2D eigenvalue weighted by Crippen LogP contribution is -2.61. The van der Waals surface area contributed by atoms with Crippen molar-refractivity contribution in [2.75, 3.05) is 13.2 Å². The van der Waals surface area contributed by atoms with Gasteiger partial charge in [0.05, 0.1) is 25.4 Å². The van der Waals surface area contributed by atoms with Gasteiger partial charge < -0.3 is 45.1 Å². The summed E-state index contributed by atoms with van der Waals surface area (Å²) in [4.78, 5) is 26.6. The zero-order chi connectivity index (χ0) is 58.2. The Labute approximate surface area is 489 Å². The highest BCUT2D eigenvalue weighted by Gasteiger charge is 2.47. The molecule has 0 spiro atoms. The first-order valence-corrected chi connectivity index (χ1v) is 32.9. The Morgan fingerprint density at radius 2 is 0.863 bits per heavy atom. The second-order valence-electron chi connectivity index (χ2n) is 22.5. The molecule has 0 aromatic carbocycles. The molecule has 0 aromatic heterocycles. The molecule has 1 aliphatic heterocycles. The van der Waals surface area contributed by atoms with Crippen LogP contribution in [0, 0.1) is 0 Å². The van der Waals surface area contributed by atoms with Crippen molar-refractivity contribution in [2.45, 2.75) is 327 Å². The van der Waals surface area contributed by atoms with Crippen LogP contribution in [0.2, 0.25) is 0 Å². The van der Waals surface area contributed by atoms with E-state index >= 15 is 0 Å². The zero-order valence-corrected chi connectivity index (χ0v) is 51.2. The molecule has 1 aliphatic rings. The number of aliphatic hydroxyl groups is 5.